The number of ether oxygens (including phenoxy) is 8. The predicted octanol–water partition coefficient (Wildman–Crippen LogP) is 22.5. The molecule has 35 heteroatoms. The van der Waals surface area contributed by atoms with Gasteiger partial charge < -0.3 is 58.1 Å². The van der Waals surface area contributed by atoms with Gasteiger partial charge in [0, 0.05) is 187 Å². The third kappa shape index (κ3) is 23.0. The molecular formula is C109H123BrCl4N15O12S3+. The number of halogens is 5. The van der Waals surface area contributed by atoms with Gasteiger partial charge >= 0.3 is 17.9 Å². The zero-order chi connectivity index (χ0) is 101. The van der Waals surface area contributed by atoms with Gasteiger partial charge in [-0.25, -0.2) is 29.3 Å². The van der Waals surface area contributed by atoms with E-state index in [9.17, 15) is 19.5 Å². The summed E-state index contributed by atoms with van der Waals surface area (Å²) in [6.45, 7) is 46.1. The molecule has 21 rings (SSSR count). The Morgan fingerprint density at radius 2 is 0.806 bits per heavy atom. The van der Waals surface area contributed by atoms with Gasteiger partial charge in [0.05, 0.1) is 122 Å². The van der Waals surface area contributed by atoms with Gasteiger partial charge in [-0.05, 0) is 249 Å². The molecule has 6 saturated heterocycles. The van der Waals surface area contributed by atoms with Crippen molar-refractivity contribution in [2.45, 2.75) is 143 Å². The van der Waals surface area contributed by atoms with Crippen molar-refractivity contribution >= 4 is 190 Å². The monoisotopic (exact) mass is 2150 g/mol. The molecule has 15 aromatic rings. The minimum absolute atomic E-state index is 0. The Morgan fingerprint density at radius 3 is 1.17 bits per heavy atom. The molecule has 27 nitrogen and oxygen atoms in total. The summed E-state index contributed by atoms with van der Waals surface area (Å²) in [5.74, 6) is 0.0540. The average molecular weight is 2150 g/mol. The topological polar surface area (TPSA) is 266 Å². The molecule has 0 saturated carbocycles. The maximum absolute atomic E-state index is 13.5. The molecule has 2 N–H and O–H groups in total. The average Bonchev–Trinajstić information content (AvgIpc) is 1.57. The first kappa shape index (κ1) is 106. The van der Waals surface area contributed by atoms with Crippen LogP contribution in [0.3, 0.4) is 0 Å². The van der Waals surface area contributed by atoms with Crippen LogP contribution in [-0.2, 0) is 73.4 Å². The van der Waals surface area contributed by atoms with Crippen molar-refractivity contribution in [3.05, 3.63) is 206 Å². The Labute approximate surface area is 881 Å². The summed E-state index contributed by atoms with van der Waals surface area (Å²) in [7, 11) is 5.92. The molecule has 6 fully saturated rings. The largest absolute Gasteiger partial charge is 0.479 e. The van der Waals surface area contributed by atoms with Gasteiger partial charge in [-0.3, -0.25) is 28.7 Å². The summed E-state index contributed by atoms with van der Waals surface area (Å²) in [5, 5.41) is 35.9. The molecule has 12 heterocycles. The van der Waals surface area contributed by atoms with Crippen molar-refractivity contribution in [3.8, 4) is 65.1 Å². The summed E-state index contributed by atoms with van der Waals surface area (Å²) in [5.41, 5.74) is 16.8. The summed E-state index contributed by atoms with van der Waals surface area (Å²) < 4.78 is 56.3. The highest BCUT2D eigenvalue weighted by molar-refractivity contribution is 9.10. The molecule has 6 aromatic heterocycles. The number of fused-ring (bicyclic) bond motifs is 9. The van der Waals surface area contributed by atoms with Gasteiger partial charge in [0.2, 0.25) is 6.61 Å². The number of benzene rings is 9. The van der Waals surface area contributed by atoms with Crippen LogP contribution < -0.4 is 15.1 Å². The number of carboxylic acid groups (broad SMARTS) is 1. The molecule has 6 atom stereocenters. The van der Waals surface area contributed by atoms with Crippen LogP contribution in [0.1, 0.15) is 121 Å². The molecule has 0 radical (unpaired) electrons. The lowest BCUT2D eigenvalue weighted by Crippen LogP contribution is -2.58. The number of morpholine rings is 3. The van der Waals surface area contributed by atoms with Gasteiger partial charge in [0.25, 0.3) is 0 Å². The predicted molar refractivity (Wildman–Crippen MR) is 586 cm³/mol. The number of esters is 2. The lowest BCUT2D eigenvalue weighted by atomic mass is 9.91. The van der Waals surface area contributed by atoms with Crippen molar-refractivity contribution < 1.29 is 57.4 Å². The van der Waals surface area contributed by atoms with Crippen molar-refractivity contribution in [2.24, 2.45) is 21.1 Å². The third-order valence-corrected chi connectivity index (χ3v) is 31.3. The third-order valence-electron chi connectivity index (χ3n) is 26.6. The number of hydrogen-bond donors (Lipinski definition) is 2. The highest BCUT2D eigenvalue weighted by Gasteiger charge is 2.41. The Bertz CT molecular complexity index is 7210. The second kappa shape index (κ2) is 44.3. The van der Waals surface area contributed by atoms with Crippen molar-refractivity contribution in [1.82, 2.24) is 64.3 Å². The lowest BCUT2D eigenvalue weighted by molar-refractivity contribution is -0.167. The summed E-state index contributed by atoms with van der Waals surface area (Å²) in [6.07, 6.45) is -3.03. The summed E-state index contributed by atoms with van der Waals surface area (Å²) >= 11 is 27.2. The summed E-state index contributed by atoms with van der Waals surface area (Å²) in [4.78, 5) is 67.2. The quantitative estimate of drug-likeness (QED) is 0.0563. The molecule has 0 bridgehead atoms. The van der Waals surface area contributed by atoms with E-state index in [0.29, 0.717) is 38.8 Å². The first-order valence-electron chi connectivity index (χ1n) is 48.6. The van der Waals surface area contributed by atoms with E-state index in [0.717, 1.165) is 284 Å². The minimum Gasteiger partial charge on any atom is -0.479 e. The first-order chi connectivity index (χ1) is 68.4. The van der Waals surface area contributed by atoms with Crippen LogP contribution in [-0.4, -0.2) is 248 Å². The van der Waals surface area contributed by atoms with Gasteiger partial charge in [0.1, 0.15) is 26.5 Å². The maximum Gasteiger partial charge on any atom is 0.343 e. The van der Waals surface area contributed by atoms with E-state index in [1.54, 1.807) is 34.0 Å². The Morgan fingerprint density at radius 1 is 0.465 bits per heavy atom. The highest BCUT2D eigenvalue weighted by Crippen LogP contribution is 2.51. The molecule has 6 aliphatic rings. The molecule has 144 heavy (non-hydrogen) atoms. The number of carbonyl (C=O) groups is 3. The maximum atomic E-state index is 13.5. The van der Waals surface area contributed by atoms with Gasteiger partial charge in [-0.1, -0.05) is 71.2 Å². The Hall–Kier alpha value is -9.82. The molecule has 0 spiro atoms. The van der Waals surface area contributed by atoms with E-state index in [4.69, 9.17) is 97.8 Å². The number of hydrogen-bond acceptors (Lipinski definition) is 26. The number of thiazole rings is 3. The van der Waals surface area contributed by atoms with Crippen LogP contribution in [0.15, 0.2) is 150 Å². The van der Waals surface area contributed by atoms with Gasteiger partial charge in [0.15, 0.2) is 29.9 Å². The number of nitrogens with one attached hydrogen (secondary N) is 1. The van der Waals surface area contributed by atoms with Crippen LogP contribution in [0.4, 0.5) is 11.6 Å². The first-order valence-corrected chi connectivity index (χ1v) is 53.0. The number of aromatic nitrogens is 9. The number of carboxylic acids is 1. The molecule has 758 valence electrons. The minimum atomic E-state index is -1.16. The van der Waals surface area contributed by atoms with E-state index < -0.39 is 53.0 Å². The molecule has 9 aromatic carbocycles. The van der Waals surface area contributed by atoms with Crippen LogP contribution in [0, 0.1) is 27.7 Å². The summed E-state index contributed by atoms with van der Waals surface area (Å²) in [6, 6.07) is 49.4. The molecule has 0 amide bonds. The van der Waals surface area contributed by atoms with E-state index in [2.05, 4.69) is 112 Å². The van der Waals surface area contributed by atoms with E-state index in [1.807, 2.05) is 216 Å². The highest BCUT2D eigenvalue weighted by atomic mass is 79.9. The normalized spacial score (nSPS) is 17.8. The van der Waals surface area contributed by atoms with Crippen LogP contribution in [0.25, 0.3) is 128 Å². The van der Waals surface area contributed by atoms with Crippen LogP contribution in [0.2, 0.25) is 15.1 Å². The second-order valence-corrected chi connectivity index (χ2v) is 45.1. The number of aliphatic carboxylic acids is 1. The van der Waals surface area contributed by atoms with E-state index in [1.165, 1.54) is 6.54 Å². The smallest absolute Gasteiger partial charge is 0.343 e. The fraction of sp³-hybridized carbons (Fsp3) is 0.413. The van der Waals surface area contributed by atoms with E-state index >= 15 is 0 Å². The van der Waals surface area contributed by atoms with Crippen molar-refractivity contribution in [2.75, 3.05) is 141 Å². The molecular weight excluding hydrogens is 2030 g/mol. The van der Waals surface area contributed by atoms with Crippen LogP contribution >= 0.6 is 97.2 Å². The lowest BCUT2D eigenvalue weighted by Gasteiger charge is -2.43. The molecule has 6 aliphatic heterocycles. The van der Waals surface area contributed by atoms with E-state index in [-0.39, 0.29) is 25.6 Å². The number of rotatable bonds is 19. The zero-order valence-corrected chi connectivity index (χ0v) is 91.1. The van der Waals surface area contributed by atoms with Crippen LogP contribution in [0.5, 0.6) is 0 Å². The Balaban J connectivity index is 0.000000141. The number of anilines is 2. The standard InChI is InChI=1S/C37H42ClN5O4S.C35H38ClN5O4S.C30H28BrClN3O3S.C7H14N2O.ClH/c1-7-46-36(44)32(47-37(3,4)5)30-22(2)18-28-33(31(30)23-8-11-25(38)12-9-23)48-35(39-28)24-10-13-29-27(19-24)34(40-41(29)6)43-15-14-42-16-17-45-21-26(42)20-43;1-20-16-26-31(29(21-6-9-23(36)10-7-21)28(20)30(34(42)43)45-35(2,3)4)46-33(37-26)22-8-11-27-25(17-22)32(38-39(27)5)41-13-12-40-14-15-44-19-24(40)18-41;1-7-37-29(36)25(38-30(3,4)5)23-16(2)14-21-26(24(23)17-8-11-19(32)12-9-17)39-28(33-21)18-10-13-22-20(15-18)27(31)34-35(22)6;1-2-9-3-4-10-6-7(9)5-8-1;/h8-13,18-19,26,32H,7,14-17,20-21H2,1-6H3;6-11,16-17,24,30H,12-15,18-19H2,1-5H3,(H,42,43);8-15,25H,1,7H2,2-6H3;7-8H,1-6H2;1H/q;;+1;;/t26-,32-;24-,30-;25-;7-;/m0000./s1. The molecule has 0 unspecified atom stereocenters. The van der Waals surface area contributed by atoms with Gasteiger partial charge in [-0.2, -0.15) is 15.3 Å². The SMILES string of the molecule is C1CN2CCOC[C@@H]2CN1.CCOC(=O)[C@@H](OC(C)(C)C)c1c(C)cc2nc(-c3ccc4c(c3)c(N3CCN5CCOC[C@@H]5C3)nn4C)sc2c1-c1ccc(Cl)cc1.Cc1cc2nc(-c3ccc4c(c3)c(N3CCN5CCOC[C@@H]5C3)nn4C)sc2c(-c2ccc(Cl)cc2)c1[C@H](OC(C)(C)C)C(=O)O.Cl.[CH2+]COC(=O)[C@@H](OC(C)(C)C)c1c(C)cc2nc(-c3ccc4c(c3)c(Br)nn4C)sc2c1-c1ccc(Cl)cc1. The number of nitrogens with zero attached hydrogens (tertiary/aromatic N) is 14. The van der Waals surface area contributed by atoms with Crippen molar-refractivity contribution in [1.29, 1.82) is 0 Å². The Kier molecular flexibility index (Phi) is 32.5. The molecule has 0 aliphatic carbocycles. The van der Waals surface area contributed by atoms with Gasteiger partial charge in [-0.15, -0.1) is 46.4 Å². The fourth-order valence-corrected chi connectivity index (χ4v) is 24.3. The zero-order valence-electron chi connectivity index (χ0n) is 84.0. The number of aryl methyl sites for hydroxylation is 6. The number of carbonyl (C=O) groups excluding carboxylic acids is 2. The number of piperazine rings is 3. The van der Waals surface area contributed by atoms with Crippen molar-refractivity contribution in [3.63, 3.8) is 0 Å². The fourth-order valence-electron chi connectivity index (χ4n) is 20.0. The second-order valence-electron chi connectivity index (χ2n) is 40.1.